The number of carbonyl (C=O) groups excluding carboxylic acids is 1. The Balaban J connectivity index is 3.89. The first-order valence-electron chi connectivity index (χ1n) is 3.35. The summed E-state index contributed by atoms with van der Waals surface area (Å²) < 4.78 is 4.39. The molecule has 0 spiro atoms. The molecule has 0 aromatic rings. The second-order valence-electron chi connectivity index (χ2n) is 2.50. The van der Waals surface area contributed by atoms with Gasteiger partial charge in [-0.05, 0) is 19.9 Å². The Morgan fingerprint density at radius 1 is 1.55 bits per heavy atom. The molecule has 0 bridgehead atoms. The van der Waals surface area contributed by atoms with Gasteiger partial charge in [0.25, 0.3) is 0 Å². The fourth-order valence-corrected chi connectivity index (χ4v) is 0.627. The molecule has 0 radical (unpaired) electrons. The molecule has 0 amide bonds. The summed E-state index contributed by atoms with van der Waals surface area (Å²) in [6, 6.07) is 0. The lowest BCUT2D eigenvalue weighted by molar-refractivity contribution is -0.139. The fraction of sp³-hybridized carbons (Fsp3) is 0.500. The van der Waals surface area contributed by atoms with Crippen LogP contribution in [0.5, 0.6) is 0 Å². The van der Waals surface area contributed by atoms with Crippen LogP contribution in [0.25, 0.3) is 0 Å². The number of allylic oxidation sites excluding steroid dienone is 2. The molecule has 3 nitrogen and oxygen atoms in total. The fourth-order valence-electron chi connectivity index (χ4n) is 0.627. The van der Waals surface area contributed by atoms with Crippen molar-refractivity contribution in [1.29, 1.82) is 5.41 Å². The Morgan fingerprint density at radius 2 is 2.09 bits per heavy atom. The lowest BCUT2D eigenvalue weighted by atomic mass is 10.2. The topological polar surface area (TPSA) is 50.2 Å². The SMILES string of the molecule is COC(=O)CC(=N)C=C(C)C. The highest BCUT2D eigenvalue weighted by Crippen LogP contribution is 1.94. The van der Waals surface area contributed by atoms with Gasteiger partial charge in [-0.1, -0.05) is 5.57 Å². The van der Waals surface area contributed by atoms with Crippen molar-refractivity contribution in [2.75, 3.05) is 7.11 Å². The molecule has 0 rings (SSSR count). The second-order valence-corrected chi connectivity index (χ2v) is 2.50. The maximum absolute atomic E-state index is 10.6. The highest BCUT2D eigenvalue weighted by molar-refractivity contribution is 6.03. The van der Waals surface area contributed by atoms with Gasteiger partial charge in [-0.15, -0.1) is 0 Å². The van der Waals surface area contributed by atoms with Crippen molar-refractivity contribution in [3.05, 3.63) is 11.6 Å². The Hall–Kier alpha value is -1.12. The van der Waals surface area contributed by atoms with E-state index >= 15 is 0 Å². The molecular weight excluding hydrogens is 142 g/mol. The maximum Gasteiger partial charge on any atom is 0.311 e. The number of esters is 1. The highest BCUT2D eigenvalue weighted by Gasteiger charge is 2.01. The van der Waals surface area contributed by atoms with Gasteiger partial charge in [0.1, 0.15) is 0 Å². The lowest BCUT2D eigenvalue weighted by Crippen LogP contribution is -2.06. The minimum absolute atomic E-state index is 0.0572. The summed E-state index contributed by atoms with van der Waals surface area (Å²) in [7, 11) is 1.32. The van der Waals surface area contributed by atoms with E-state index in [9.17, 15) is 4.79 Å². The van der Waals surface area contributed by atoms with Crippen LogP contribution in [0.4, 0.5) is 0 Å². The minimum Gasteiger partial charge on any atom is -0.469 e. The van der Waals surface area contributed by atoms with Crippen molar-refractivity contribution in [2.24, 2.45) is 0 Å². The van der Waals surface area contributed by atoms with Crippen LogP contribution >= 0.6 is 0 Å². The van der Waals surface area contributed by atoms with Gasteiger partial charge in [-0.2, -0.15) is 0 Å². The molecule has 0 aromatic carbocycles. The van der Waals surface area contributed by atoms with Crippen LogP contribution in [0.2, 0.25) is 0 Å². The largest absolute Gasteiger partial charge is 0.469 e. The van der Waals surface area contributed by atoms with Crippen LogP contribution in [-0.4, -0.2) is 18.8 Å². The van der Waals surface area contributed by atoms with E-state index < -0.39 is 0 Å². The van der Waals surface area contributed by atoms with Gasteiger partial charge in [0.05, 0.1) is 13.5 Å². The lowest BCUT2D eigenvalue weighted by Gasteiger charge is -1.96. The molecule has 0 saturated carbocycles. The summed E-state index contributed by atoms with van der Waals surface area (Å²) >= 11 is 0. The van der Waals surface area contributed by atoms with Crippen molar-refractivity contribution in [2.45, 2.75) is 20.3 Å². The van der Waals surface area contributed by atoms with E-state index in [0.717, 1.165) is 5.57 Å². The van der Waals surface area contributed by atoms with E-state index in [1.54, 1.807) is 6.08 Å². The van der Waals surface area contributed by atoms with Gasteiger partial charge >= 0.3 is 5.97 Å². The molecule has 11 heavy (non-hydrogen) atoms. The zero-order chi connectivity index (χ0) is 8.85. The van der Waals surface area contributed by atoms with E-state index in [0.29, 0.717) is 0 Å². The molecule has 1 N–H and O–H groups in total. The highest BCUT2D eigenvalue weighted by atomic mass is 16.5. The van der Waals surface area contributed by atoms with Gasteiger partial charge in [-0.3, -0.25) is 4.79 Å². The number of hydrogen-bond donors (Lipinski definition) is 1. The van der Waals surface area contributed by atoms with Crippen molar-refractivity contribution >= 4 is 11.7 Å². The third-order valence-electron chi connectivity index (χ3n) is 1.03. The summed E-state index contributed by atoms with van der Waals surface area (Å²) in [4.78, 5) is 10.6. The first kappa shape index (κ1) is 9.88. The zero-order valence-electron chi connectivity index (χ0n) is 7.10. The minimum atomic E-state index is -0.368. The average molecular weight is 155 g/mol. The standard InChI is InChI=1S/C8H13NO2/c1-6(2)4-7(9)5-8(10)11-3/h4,9H,5H2,1-3H3. The Morgan fingerprint density at radius 3 is 2.45 bits per heavy atom. The van der Waals surface area contributed by atoms with Crippen LogP contribution in [0, 0.1) is 5.41 Å². The number of nitrogens with one attached hydrogen (secondary N) is 1. The Kier molecular flexibility index (Phi) is 4.18. The van der Waals surface area contributed by atoms with Crippen LogP contribution in [0.15, 0.2) is 11.6 Å². The Labute approximate surface area is 66.6 Å². The van der Waals surface area contributed by atoms with E-state index in [1.165, 1.54) is 7.11 Å². The van der Waals surface area contributed by atoms with Gasteiger partial charge in [0.2, 0.25) is 0 Å². The molecule has 0 aliphatic rings. The molecule has 0 saturated heterocycles. The van der Waals surface area contributed by atoms with Crippen molar-refractivity contribution in [3.8, 4) is 0 Å². The van der Waals surface area contributed by atoms with Crippen LogP contribution in [0.1, 0.15) is 20.3 Å². The van der Waals surface area contributed by atoms with Crippen molar-refractivity contribution < 1.29 is 9.53 Å². The van der Waals surface area contributed by atoms with Crippen LogP contribution in [0.3, 0.4) is 0 Å². The number of hydrogen-bond acceptors (Lipinski definition) is 3. The predicted molar refractivity (Wildman–Crippen MR) is 43.8 cm³/mol. The monoisotopic (exact) mass is 155 g/mol. The summed E-state index contributed by atoms with van der Waals surface area (Å²) in [5.41, 5.74) is 1.30. The quantitative estimate of drug-likeness (QED) is 0.496. The molecule has 0 aromatic heterocycles. The zero-order valence-corrected chi connectivity index (χ0v) is 7.10. The molecular formula is C8H13NO2. The van der Waals surface area contributed by atoms with Gasteiger partial charge in [0.15, 0.2) is 0 Å². The molecule has 0 fully saturated rings. The number of rotatable bonds is 3. The van der Waals surface area contributed by atoms with Crippen molar-refractivity contribution in [3.63, 3.8) is 0 Å². The summed E-state index contributed by atoms with van der Waals surface area (Å²) in [6.07, 6.45) is 1.71. The number of carbonyl (C=O) groups is 1. The van der Waals surface area contributed by atoms with E-state index in [-0.39, 0.29) is 18.1 Å². The summed E-state index contributed by atoms with van der Waals surface area (Å²) in [5.74, 6) is -0.368. The van der Waals surface area contributed by atoms with E-state index in [4.69, 9.17) is 5.41 Å². The van der Waals surface area contributed by atoms with Crippen molar-refractivity contribution in [1.82, 2.24) is 0 Å². The molecule has 0 unspecified atom stereocenters. The third-order valence-corrected chi connectivity index (χ3v) is 1.03. The van der Waals surface area contributed by atoms with E-state index in [2.05, 4.69) is 4.74 Å². The van der Waals surface area contributed by atoms with E-state index in [1.807, 2.05) is 13.8 Å². The summed E-state index contributed by atoms with van der Waals surface area (Å²) in [5, 5.41) is 7.28. The molecule has 0 aliphatic heterocycles. The Bertz CT molecular complexity index is 190. The van der Waals surface area contributed by atoms with Crippen LogP contribution in [-0.2, 0) is 9.53 Å². The molecule has 0 heterocycles. The maximum atomic E-state index is 10.6. The normalized spacial score (nSPS) is 8.64. The third kappa shape index (κ3) is 5.33. The first-order valence-corrected chi connectivity index (χ1v) is 3.35. The smallest absolute Gasteiger partial charge is 0.311 e. The second kappa shape index (κ2) is 4.66. The molecule has 62 valence electrons. The first-order chi connectivity index (χ1) is 5.06. The predicted octanol–water partition coefficient (Wildman–Crippen LogP) is 1.54. The molecule has 3 heteroatoms. The van der Waals surface area contributed by atoms with Gasteiger partial charge < -0.3 is 10.1 Å². The number of ether oxygens (including phenoxy) is 1. The van der Waals surface area contributed by atoms with Crippen LogP contribution < -0.4 is 0 Å². The van der Waals surface area contributed by atoms with Gasteiger partial charge in [0, 0.05) is 5.71 Å². The average Bonchev–Trinajstić information content (AvgIpc) is 1.85. The number of methoxy groups -OCH3 is 1. The summed E-state index contributed by atoms with van der Waals surface area (Å²) in [6.45, 7) is 3.76. The van der Waals surface area contributed by atoms with Gasteiger partial charge in [-0.25, -0.2) is 0 Å². The molecule has 0 atom stereocenters. The molecule has 0 aliphatic carbocycles.